The number of nitrogens with one attached hydrogen (secondary N) is 1. The number of nitrogens with two attached hydrogens (primary N) is 1. The molecule has 46 heavy (non-hydrogen) atoms. The molecular weight excluding hydrogens is 623 g/mol. The van der Waals surface area contributed by atoms with Crippen LogP contribution in [0.5, 0.6) is 11.9 Å². The fraction of sp³-hybridized carbons (Fsp3) is 0.567. The molecule has 0 aliphatic carbocycles. The first-order valence-electron chi connectivity index (χ1n) is 15.1. The predicted octanol–water partition coefficient (Wildman–Crippen LogP) is 4.73. The number of hydrogen-bond donors (Lipinski definition) is 2. The number of pyridine rings is 1. The van der Waals surface area contributed by atoms with Gasteiger partial charge < -0.3 is 25.4 Å². The number of piperazine rings is 1. The van der Waals surface area contributed by atoms with Gasteiger partial charge in [-0.2, -0.15) is 23.1 Å². The Labute approximate surface area is 259 Å². The summed E-state index contributed by atoms with van der Waals surface area (Å²) in [6.45, 7) is 4.35. The summed E-state index contributed by atoms with van der Waals surface area (Å²) < 4.78 is 115. The van der Waals surface area contributed by atoms with Crippen LogP contribution >= 0.6 is 0 Å². The minimum Gasteiger partial charge on any atom is -0.472 e. The summed E-state index contributed by atoms with van der Waals surface area (Å²) in [7, 11) is 0. The van der Waals surface area contributed by atoms with Gasteiger partial charge in [-0.05, 0) is 38.3 Å². The highest BCUT2D eigenvalue weighted by Crippen LogP contribution is 2.47. The number of ether oxygens (including phenoxy) is 2. The van der Waals surface area contributed by atoms with Crippen LogP contribution in [0, 0.1) is 18.6 Å². The van der Waals surface area contributed by atoms with E-state index in [9.17, 15) is 26.3 Å². The van der Waals surface area contributed by atoms with Gasteiger partial charge in [0.25, 0.3) is 0 Å². The Balaban J connectivity index is 1.36. The Bertz CT molecular complexity index is 1690. The molecule has 1 unspecified atom stereocenters. The van der Waals surface area contributed by atoms with Gasteiger partial charge in [-0.15, -0.1) is 0 Å². The van der Waals surface area contributed by atoms with Crippen molar-refractivity contribution in [3.05, 3.63) is 28.8 Å². The van der Waals surface area contributed by atoms with E-state index in [0.29, 0.717) is 25.7 Å². The molecule has 3 fully saturated rings. The van der Waals surface area contributed by atoms with Crippen LogP contribution in [0.4, 0.5) is 42.2 Å². The second kappa shape index (κ2) is 11.0. The monoisotopic (exact) mass is 655 g/mol. The molecule has 7 rings (SSSR count). The smallest absolute Gasteiger partial charge is 0.417 e. The fourth-order valence-electron chi connectivity index (χ4n) is 7.60. The van der Waals surface area contributed by atoms with Gasteiger partial charge in [-0.1, -0.05) is 0 Å². The van der Waals surface area contributed by atoms with Crippen LogP contribution in [-0.2, 0) is 6.18 Å². The molecule has 3 N–H and O–H groups in total. The van der Waals surface area contributed by atoms with E-state index in [1.165, 1.54) is 0 Å². The third kappa shape index (κ3) is 4.95. The van der Waals surface area contributed by atoms with Gasteiger partial charge in [0.15, 0.2) is 5.82 Å². The van der Waals surface area contributed by atoms with Gasteiger partial charge in [0.2, 0.25) is 5.88 Å². The second-order valence-electron chi connectivity index (χ2n) is 12.6. The van der Waals surface area contributed by atoms with Gasteiger partial charge in [0.05, 0.1) is 23.9 Å². The SMILES string of the molecule is Cc1c(F)c(N)cc(-c2nc3c4c(nc(OCCC56C[C@H](F)CN5C[C@H](F)C6)nc4c2F)N2CCNC[C@H]2[C@H](C)O3)c1C(F)(F)F. The lowest BCUT2D eigenvalue weighted by molar-refractivity contribution is -0.137. The zero-order chi connectivity index (χ0) is 32.7. The zero-order valence-electron chi connectivity index (χ0n) is 25.0. The maximum absolute atomic E-state index is 16.6. The van der Waals surface area contributed by atoms with Crippen molar-refractivity contribution in [2.45, 2.75) is 69.3 Å². The van der Waals surface area contributed by atoms with E-state index in [1.807, 2.05) is 4.90 Å². The third-order valence-electron chi connectivity index (χ3n) is 9.68. The average molecular weight is 656 g/mol. The van der Waals surface area contributed by atoms with E-state index in [-0.39, 0.29) is 68.1 Å². The molecule has 2 aromatic heterocycles. The van der Waals surface area contributed by atoms with Crippen LogP contribution in [0.2, 0.25) is 0 Å². The average Bonchev–Trinajstić information content (AvgIpc) is 3.40. The summed E-state index contributed by atoms with van der Waals surface area (Å²) in [6, 6.07) is 0.115. The molecule has 4 aliphatic rings. The fourth-order valence-corrected chi connectivity index (χ4v) is 7.60. The molecule has 1 aromatic carbocycles. The molecule has 6 heterocycles. The molecule has 4 aliphatic heterocycles. The molecule has 0 bridgehead atoms. The molecule has 0 amide bonds. The first-order chi connectivity index (χ1) is 21.8. The number of hydrogen-bond acceptors (Lipinski definition) is 9. The van der Waals surface area contributed by atoms with E-state index in [0.717, 1.165) is 6.92 Å². The van der Waals surface area contributed by atoms with Crippen molar-refractivity contribution >= 4 is 22.4 Å². The van der Waals surface area contributed by atoms with Crippen LogP contribution in [0.25, 0.3) is 22.2 Å². The Morgan fingerprint density at radius 1 is 1.11 bits per heavy atom. The lowest BCUT2D eigenvalue weighted by Crippen LogP contribution is -2.56. The van der Waals surface area contributed by atoms with Gasteiger partial charge >= 0.3 is 12.2 Å². The highest BCUT2D eigenvalue weighted by molar-refractivity contribution is 5.97. The minimum absolute atomic E-state index is 0.0436. The minimum atomic E-state index is -5.08. The summed E-state index contributed by atoms with van der Waals surface area (Å²) >= 11 is 0. The molecular formula is C30H32F7N7O2. The third-order valence-corrected chi connectivity index (χ3v) is 9.68. The lowest BCUT2D eigenvalue weighted by atomic mass is 9.90. The van der Waals surface area contributed by atoms with E-state index >= 15 is 4.39 Å². The summed E-state index contributed by atoms with van der Waals surface area (Å²) in [6.07, 6.45) is -7.25. The standard InChI is InChI=1S/C30H32F7N7O2/c1-13-21(30(35,36)37)17(7-18(38)22(13)33)24-23(34)25-20-26(44-5-4-39-10-19(44)14(2)46-27(20)40-24)42-28(41-25)45-6-3-29-8-15(31)11-43(29)12-16(32)9-29/h7,14-16,19,39H,3-6,8-12,38H2,1-2H3/t14-,15-,16+,19-,29?/m0/s1. The molecule has 0 saturated carbocycles. The van der Waals surface area contributed by atoms with E-state index in [1.54, 1.807) is 11.8 Å². The number of anilines is 2. The normalized spacial score (nSPS) is 27.8. The van der Waals surface area contributed by atoms with Crippen LogP contribution in [0.15, 0.2) is 6.07 Å². The Morgan fingerprint density at radius 3 is 2.52 bits per heavy atom. The van der Waals surface area contributed by atoms with Gasteiger partial charge in [-0.3, -0.25) is 4.90 Å². The zero-order valence-corrected chi connectivity index (χ0v) is 25.0. The van der Waals surface area contributed by atoms with Crippen molar-refractivity contribution < 1.29 is 40.2 Å². The number of halogens is 7. The Kier molecular flexibility index (Phi) is 7.38. The number of benzene rings is 1. The molecule has 16 heteroatoms. The lowest BCUT2D eigenvalue weighted by Gasteiger charge is -2.38. The highest BCUT2D eigenvalue weighted by Gasteiger charge is 2.52. The van der Waals surface area contributed by atoms with E-state index in [4.69, 9.17) is 15.2 Å². The van der Waals surface area contributed by atoms with Crippen molar-refractivity contribution in [3.63, 3.8) is 0 Å². The van der Waals surface area contributed by atoms with Crippen LogP contribution in [0.1, 0.15) is 37.3 Å². The molecule has 0 radical (unpaired) electrons. The Hall–Kier alpha value is -3.66. The van der Waals surface area contributed by atoms with Crippen LogP contribution in [0.3, 0.4) is 0 Å². The molecule has 3 saturated heterocycles. The quantitative estimate of drug-likeness (QED) is 0.299. The van der Waals surface area contributed by atoms with Gasteiger partial charge in [-0.25, -0.2) is 22.5 Å². The number of rotatable bonds is 5. The van der Waals surface area contributed by atoms with Crippen molar-refractivity contribution in [1.29, 1.82) is 0 Å². The first-order valence-corrected chi connectivity index (χ1v) is 15.1. The summed E-state index contributed by atoms with van der Waals surface area (Å²) in [4.78, 5) is 16.8. The molecule has 0 spiro atoms. The molecule has 5 atom stereocenters. The Morgan fingerprint density at radius 2 is 1.83 bits per heavy atom. The van der Waals surface area contributed by atoms with Crippen molar-refractivity contribution in [2.24, 2.45) is 0 Å². The maximum atomic E-state index is 16.6. The summed E-state index contributed by atoms with van der Waals surface area (Å²) in [5.74, 6) is -2.47. The highest BCUT2D eigenvalue weighted by atomic mass is 19.4. The number of alkyl halides is 5. The predicted molar refractivity (Wildman–Crippen MR) is 154 cm³/mol. The first kappa shape index (κ1) is 31.0. The number of nitrogen functional groups attached to an aromatic ring is 1. The topological polar surface area (TPSA) is 102 Å². The molecule has 3 aromatic rings. The molecule has 9 nitrogen and oxygen atoms in total. The number of aromatic nitrogens is 3. The molecule has 248 valence electrons. The van der Waals surface area contributed by atoms with Gasteiger partial charge in [0.1, 0.15) is 46.7 Å². The van der Waals surface area contributed by atoms with E-state index in [2.05, 4.69) is 20.3 Å². The number of fused-ring (bicyclic) bond motifs is 3. The maximum Gasteiger partial charge on any atom is 0.417 e. The number of nitrogens with zero attached hydrogens (tertiary/aromatic N) is 5. The summed E-state index contributed by atoms with van der Waals surface area (Å²) in [5.41, 5.74) is 0.181. The largest absolute Gasteiger partial charge is 0.472 e. The van der Waals surface area contributed by atoms with Crippen molar-refractivity contribution in [3.8, 4) is 23.1 Å². The van der Waals surface area contributed by atoms with E-state index < -0.39 is 75.4 Å². The van der Waals surface area contributed by atoms with Gasteiger partial charge in [0, 0.05) is 50.2 Å². The second-order valence-corrected chi connectivity index (χ2v) is 12.6. The van der Waals surface area contributed by atoms with Crippen LogP contribution in [-0.4, -0.2) is 89.2 Å². The van der Waals surface area contributed by atoms with Crippen LogP contribution < -0.4 is 25.4 Å². The summed E-state index contributed by atoms with van der Waals surface area (Å²) in [5, 5.41) is 3.31. The van der Waals surface area contributed by atoms with Crippen molar-refractivity contribution in [1.82, 2.24) is 25.2 Å². The van der Waals surface area contributed by atoms with Crippen molar-refractivity contribution in [2.75, 3.05) is 50.0 Å².